The van der Waals surface area contributed by atoms with Crippen LogP contribution in [0.4, 0.5) is 0 Å². The average molecular weight is 282 g/mol. The molecule has 1 aliphatic carbocycles. The van der Waals surface area contributed by atoms with Gasteiger partial charge in [0, 0.05) is 12.1 Å². The van der Waals surface area contributed by atoms with Gasteiger partial charge >= 0.3 is 0 Å². The first-order valence-electron chi connectivity index (χ1n) is 5.62. The molecule has 1 atom stereocenters. The largest absolute Gasteiger partial charge is 0.485 e. The normalized spacial score (nSPS) is 19.8. The molecule has 1 unspecified atom stereocenters. The number of rotatable bonds is 3. The van der Waals surface area contributed by atoms with Crippen LogP contribution in [0.25, 0.3) is 0 Å². The highest BCUT2D eigenvalue weighted by Gasteiger charge is 2.14. The summed E-state index contributed by atoms with van der Waals surface area (Å²) < 4.78 is 6.98. The number of hydrogen-bond acceptors (Lipinski definition) is 2. The average Bonchev–Trinajstić information content (AvgIpc) is 2.33. The zero-order chi connectivity index (χ0) is 11.4. The predicted octanol–water partition coefficient (Wildman–Crippen LogP) is 3.40. The molecule has 0 saturated carbocycles. The molecular formula is C13H16BrNO. The smallest absolute Gasteiger partial charge is 0.138 e. The van der Waals surface area contributed by atoms with Crippen molar-refractivity contribution in [3.8, 4) is 5.75 Å². The number of para-hydroxylation sites is 1. The summed E-state index contributed by atoms with van der Waals surface area (Å²) in [5.74, 6) is 0.890. The zero-order valence-electron chi connectivity index (χ0n) is 9.16. The first kappa shape index (κ1) is 11.7. The minimum atomic E-state index is 0.192. The molecule has 2 N–H and O–H groups in total. The molecule has 0 saturated heterocycles. The van der Waals surface area contributed by atoms with Gasteiger partial charge in [-0.2, -0.15) is 0 Å². The zero-order valence-corrected chi connectivity index (χ0v) is 10.7. The molecule has 0 bridgehead atoms. The van der Waals surface area contributed by atoms with Crippen molar-refractivity contribution in [1.29, 1.82) is 0 Å². The Morgan fingerprint density at radius 3 is 3.00 bits per heavy atom. The molecule has 0 aromatic heterocycles. The van der Waals surface area contributed by atoms with Crippen LogP contribution in [0.3, 0.4) is 0 Å². The number of halogens is 1. The number of nitrogens with two attached hydrogens (primary N) is 1. The molecule has 2 nitrogen and oxygen atoms in total. The summed E-state index contributed by atoms with van der Waals surface area (Å²) in [4.78, 5) is 0. The van der Waals surface area contributed by atoms with E-state index in [1.165, 1.54) is 12.8 Å². The van der Waals surface area contributed by atoms with Crippen molar-refractivity contribution in [2.75, 3.05) is 0 Å². The summed E-state index contributed by atoms with van der Waals surface area (Å²) >= 11 is 3.51. The molecule has 0 amide bonds. The Bertz CT molecular complexity index is 390. The maximum absolute atomic E-state index is 5.99. The van der Waals surface area contributed by atoms with Crippen LogP contribution in [-0.2, 0) is 6.54 Å². The Labute approximate surface area is 105 Å². The lowest BCUT2D eigenvalue weighted by Gasteiger charge is -2.21. The van der Waals surface area contributed by atoms with Crippen LogP contribution >= 0.6 is 15.9 Å². The molecular weight excluding hydrogens is 266 g/mol. The Hall–Kier alpha value is -0.800. The molecule has 0 radical (unpaired) electrons. The van der Waals surface area contributed by atoms with Gasteiger partial charge in [-0.25, -0.2) is 0 Å². The highest BCUT2D eigenvalue weighted by molar-refractivity contribution is 9.10. The van der Waals surface area contributed by atoms with Crippen molar-refractivity contribution in [2.45, 2.75) is 31.9 Å². The second-order valence-electron chi connectivity index (χ2n) is 3.95. The molecule has 0 fully saturated rings. The first-order valence-corrected chi connectivity index (χ1v) is 6.41. The molecule has 1 aromatic carbocycles. The summed E-state index contributed by atoms with van der Waals surface area (Å²) in [6, 6.07) is 5.98. The highest BCUT2D eigenvalue weighted by Crippen LogP contribution is 2.31. The van der Waals surface area contributed by atoms with Crippen molar-refractivity contribution in [1.82, 2.24) is 0 Å². The number of hydrogen-bond donors (Lipinski definition) is 1. The van der Waals surface area contributed by atoms with E-state index >= 15 is 0 Å². The molecule has 0 aliphatic heterocycles. The third-order valence-corrected chi connectivity index (χ3v) is 3.37. The van der Waals surface area contributed by atoms with Crippen molar-refractivity contribution < 1.29 is 4.74 Å². The van der Waals surface area contributed by atoms with Gasteiger partial charge in [-0.3, -0.25) is 0 Å². The number of ether oxygens (including phenoxy) is 1. The Kier molecular flexibility index (Phi) is 4.02. The molecule has 86 valence electrons. The number of allylic oxidation sites excluding steroid dienone is 1. The van der Waals surface area contributed by atoms with Crippen LogP contribution in [0.15, 0.2) is 34.8 Å². The van der Waals surface area contributed by atoms with Gasteiger partial charge in [0.2, 0.25) is 0 Å². The van der Waals surface area contributed by atoms with Gasteiger partial charge in [0.15, 0.2) is 0 Å². The van der Waals surface area contributed by atoms with Gasteiger partial charge < -0.3 is 10.5 Å². The molecule has 0 spiro atoms. The molecule has 1 aromatic rings. The minimum absolute atomic E-state index is 0.192. The highest BCUT2D eigenvalue weighted by atomic mass is 79.9. The first-order chi connectivity index (χ1) is 7.81. The van der Waals surface area contributed by atoms with Crippen LogP contribution < -0.4 is 10.5 Å². The second-order valence-corrected chi connectivity index (χ2v) is 4.80. The van der Waals surface area contributed by atoms with Gasteiger partial charge in [0.05, 0.1) is 4.47 Å². The summed E-state index contributed by atoms with van der Waals surface area (Å²) in [7, 11) is 0. The predicted molar refractivity (Wildman–Crippen MR) is 69.4 cm³/mol. The van der Waals surface area contributed by atoms with E-state index in [1.54, 1.807) is 0 Å². The fourth-order valence-electron chi connectivity index (χ4n) is 1.88. The van der Waals surface area contributed by atoms with E-state index in [9.17, 15) is 0 Å². The van der Waals surface area contributed by atoms with Gasteiger partial charge in [-0.1, -0.05) is 18.2 Å². The number of benzene rings is 1. The molecule has 1 aliphatic rings. The fourth-order valence-corrected chi connectivity index (χ4v) is 2.38. The van der Waals surface area contributed by atoms with E-state index in [2.05, 4.69) is 28.1 Å². The van der Waals surface area contributed by atoms with Crippen LogP contribution in [0.1, 0.15) is 24.8 Å². The summed E-state index contributed by atoms with van der Waals surface area (Å²) in [6.07, 6.45) is 7.97. The maximum Gasteiger partial charge on any atom is 0.138 e. The van der Waals surface area contributed by atoms with Gasteiger partial charge in [-0.15, -0.1) is 0 Å². The van der Waals surface area contributed by atoms with Crippen LogP contribution in [0.5, 0.6) is 5.75 Å². The SMILES string of the molecule is NCc1cccc(Br)c1OC1C=CCCC1. The third kappa shape index (κ3) is 2.66. The van der Waals surface area contributed by atoms with E-state index in [-0.39, 0.29) is 6.10 Å². The Balaban J connectivity index is 2.19. The molecule has 16 heavy (non-hydrogen) atoms. The third-order valence-electron chi connectivity index (χ3n) is 2.75. The van der Waals surface area contributed by atoms with E-state index in [0.29, 0.717) is 6.54 Å². The topological polar surface area (TPSA) is 35.2 Å². The van der Waals surface area contributed by atoms with E-state index in [4.69, 9.17) is 10.5 Å². The molecule has 2 rings (SSSR count). The van der Waals surface area contributed by atoms with Gasteiger partial charge in [0.25, 0.3) is 0 Å². The quantitative estimate of drug-likeness (QED) is 0.862. The maximum atomic E-state index is 5.99. The van der Waals surface area contributed by atoms with Crippen LogP contribution in [0.2, 0.25) is 0 Å². The summed E-state index contributed by atoms with van der Waals surface area (Å²) in [6.45, 7) is 0.505. The Morgan fingerprint density at radius 2 is 2.31 bits per heavy atom. The molecule has 0 heterocycles. The summed E-state index contributed by atoms with van der Waals surface area (Å²) in [5, 5.41) is 0. The van der Waals surface area contributed by atoms with Crippen LogP contribution in [-0.4, -0.2) is 6.10 Å². The van der Waals surface area contributed by atoms with E-state index in [1.807, 2.05) is 18.2 Å². The van der Waals surface area contributed by atoms with Gasteiger partial charge in [0.1, 0.15) is 11.9 Å². The van der Waals surface area contributed by atoms with E-state index < -0.39 is 0 Å². The Morgan fingerprint density at radius 1 is 1.44 bits per heavy atom. The minimum Gasteiger partial charge on any atom is -0.485 e. The van der Waals surface area contributed by atoms with Crippen molar-refractivity contribution in [3.63, 3.8) is 0 Å². The van der Waals surface area contributed by atoms with Crippen molar-refractivity contribution in [2.24, 2.45) is 5.73 Å². The van der Waals surface area contributed by atoms with E-state index in [0.717, 1.165) is 22.2 Å². The van der Waals surface area contributed by atoms with Crippen LogP contribution in [0, 0.1) is 0 Å². The van der Waals surface area contributed by atoms with Crippen molar-refractivity contribution >= 4 is 15.9 Å². The summed E-state index contributed by atoms with van der Waals surface area (Å²) in [5.41, 5.74) is 6.76. The lowest BCUT2D eigenvalue weighted by Crippen LogP contribution is -2.17. The standard InChI is InChI=1S/C13H16BrNO/c14-12-8-4-5-10(9-15)13(12)16-11-6-2-1-3-7-11/h2,4-6,8,11H,1,3,7,9,15H2. The van der Waals surface area contributed by atoms with Crippen molar-refractivity contribution in [3.05, 3.63) is 40.4 Å². The van der Waals surface area contributed by atoms with Gasteiger partial charge in [-0.05, 0) is 47.3 Å². The fraction of sp³-hybridized carbons (Fsp3) is 0.385. The lowest BCUT2D eigenvalue weighted by atomic mass is 10.1. The second kappa shape index (κ2) is 5.51. The molecule has 3 heteroatoms. The lowest BCUT2D eigenvalue weighted by molar-refractivity contribution is 0.226. The monoisotopic (exact) mass is 281 g/mol.